The van der Waals surface area contributed by atoms with Gasteiger partial charge in [-0.1, -0.05) is 15.9 Å². The lowest BCUT2D eigenvalue weighted by molar-refractivity contribution is -0.117. The first-order valence-corrected chi connectivity index (χ1v) is 5.83. The van der Waals surface area contributed by atoms with Gasteiger partial charge in [0.05, 0.1) is 0 Å². The van der Waals surface area contributed by atoms with Crippen LogP contribution in [-0.4, -0.2) is 11.7 Å². The summed E-state index contributed by atoms with van der Waals surface area (Å²) in [6, 6.07) is 5.68. The van der Waals surface area contributed by atoms with E-state index in [9.17, 15) is 4.79 Å². The van der Waals surface area contributed by atoms with Crippen molar-refractivity contribution in [1.29, 1.82) is 0 Å². The molecule has 0 bridgehead atoms. The topological polar surface area (TPSA) is 69.1 Å². The highest BCUT2D eigenvalue weighted by Crippen LogP contribution is 2.27. The van der Waals surface area contributed by atoms with E-state index in [2.05, 4.69) is 15.9 Å². The van der Waals surface area contributed by atoms with Crippen LogP contribution in [0.5, 0.6) is 0 Å². The third-order valence-corrected chi connectivity index (χ3v) is 3.16. The number of rotatable bonds is 4. The van der Waals surface area contributed by atoms with Crippen LogP contribution in [0.1, 0.15) is 6.42 Å². The fraction of sp³-hybridized carbons (Fsp3) is 0.222. The molecular weight excluding hydrogens is 264 g/mol. The lowest BCUT2D eigenvalue weighted by Crippen LogP contribution is -2.10. The molecule has 0 saturated heterocycles. The summed E-state index contributed by atoms with van der Waals surface area (Å²) in [6.45, 7) is 0. The van der Waals surface area contributed by atoms with Crippen LogP contribution in [0.15, 0.2) is 27.6 Å². The Morgan fingerprint density at radius 3 is 2.79 bits per heavy atom. The molecule has 4 N–H and O–H groups in total. The minimum atomic E-state index is -0.284. The third-order valence-electron chi connectivity index (χ3n) is 1.58. The number of carbonyl (C=O) groups excluding carboxylic acids is 1. The van der Waals surface area contributed by atoms with Crippen LogP contribution in [0.3, 0.4) is 0 Å². The molecule has 1 aromatic carbocycles. The molecule has 0 fully saturated rings. The van der Waals surface area contributed by atoms with Crippen molar-refractivity contribution in [3.63, 3.8) is 0 Å². The van der Waals surface area contributed by atoms with Crippen molar-refractivity contribution < 1.29 is 4.79 Å². The van der Waals surface area contributed by atoms with E-state index in [1.807, 2.05) is 18.2 Å². The molecule has 1 aromatic rings. The van der Waals surface area contributed by atoms with Gasteiger partial charge in [-0.25, -0.2) is 0 Å². The molecule has 3 nitrogen and oxygen atoms in total. The maximum atomic E-state index is 10.5. The largest absolute Gasteiger partial charge is 0.398 e. The number of hydrogen-bond acceptors (Lipinski definition) is 3. The third kappa shape index (κ3) is 3.59. The molecule has 0 unspecified atom stereocenters. The number of nitrogen functional groups attached to an aromatic ring is 1. The number of nitrogens with two attached hydrogens (primary N) is 2. The Kier molecular flexibility index (Phi) is 4.28. The van der Waals surface area contributed by atoms with Gasteiger partial charge < -0.3 is 11.5 Å². The molecule has 0 spiro atoms. The van der Waals surface area contributed by atoms with E-state index in [4.69, 9.17) is 11.5 Å². The summed E-state index contributed by atoms with van der Waals surface area (Å²) in [7, 11) is 0. The minimum Gasteiger partial charge on any atom is -0.398 e. The van der Waals surface area contributed by atoms with E-state index in [1.165, 1.54) is 11.8 Å². The summed E-state index contributed by atoms with van der Waals surface area (Å²) in [5.41, 5.74) is 11.5. The Morgan fingerprint density at radius 2 is 2.21 bits per heavy atom. The molecule has 0 aliphatic heterocycles. The molecule has 0 aliphatic rings. The summed E-state index contributed by atoms with van der Waals surface area (Å²) in [4.78, 5) is 11.5. The van der Waals surface area contributed by atoms with Gasteiger partial charge in [-0.15, -0.1) is 11.8 Å². The molecule has 0 atom stereocenters. The molecule has 0 heterocycles. The Labute approximate surface area is 95.4 Å². The smallest absolute Gasteiger partial charge is 0.218 e. The van der Waals surface area contributed by atoms with Crippen molar-refractivity contribution in [1.82, 2.24) is 0 Å². The number of anilines is 1. The lowest BCUT2D eigenvalue weighted by Gasteiger charge is -2.04. The van der Waals surface area contributed by atoms with Gasteiger partial charge in [0.1, 0.15) is 0 Å². The molecule has 76 valence electrons. The average molecular weight is 275 g/mol. The molecule has 0 aromatic heterocycles. The van der Waals surface area contributed by atoms with Gasteiger partial charge in [0.15, 0.2) is 0 Å². The zero-order valence-corrected chi connectivity index (χ0v) is 9.90. The van der Waals surface area contributed by atoms with Crippen LogP contribution in [0.4, 0.5) is 5.69 Å². The Hall–Kier alpha value is -0.680. The highest BCUT2D eigenvalue weighted by atomic mass is 79.9. The monoisotopic (exact) mass is 274 g/mol. The fourth-order valence-corrected chi connectivity index (χ4v) is 2.20. The second kappa shape index (κ2) is 5.26. The van der Waals surface area contributed by atoms with Gasteiger partial charge in [-0.05, 0) is 18.2 Å². The predicted molar refractivity (Wildman–Crippen MR) is 63.1 cm³/mol. The summed E-state index contributed by atoms with van der Waals surface area (Å²) < 4.78 is 0.953. The van der Waals surface area contributed by atoms with E-state index in [0.717, 1.165) is 9.37 Å². The van der Waals surface area contributed by atoms with Crippen LogP contribution in [0.25, 0.3) is 0 Å². The molecular formula is C9H11BrN2OS. The van der Waals surface area contributed by atoms with Crippen molar-refractivity contribution in [3.8, 4) is 0 Å². The normalized spacial score (nSPS) is 10.1. The van der Waals surface area contributed by atoms with Crippen LogP contribution < -0.4 is 11.5 Å². The number of carbonyl (C=O) groups is 1. The van der Waals surface area contributed by atoms with E-state index < -0.39 is 0 Å². The molecule has 5 heteroatoms. The van der Waals surface area contributed by atoms with Crippen molar-refractivity contribution >= 4 is 39.3 Å². The quantitative estimate of drug-likeness (QED) is 0.652. The summed E-state index contributed by atoms with van der Waals surface area (Å²) in [5, 5.41) is 0. The predicted octanol–water partition coefficient (Wildman–Crippen LogP) is 2.00. The van der Waals surface area contributed by atoms with E-state index in [0.29, 0.717) is 17.9 Å². The molecule has 14 heavy (non-hydrogen) atoms. The van der Waals surface area contributed by atoms with E-state index >= 15 is 0 Å². The van der Waals surface area contributed by atoms with Crippen LogP contribution in [0.2, 0.25) is 0 Å². The maximum Gasteiger partial charge on any atom is 0.218 e. The van der Waals surface area contributed by atoms with Gasteiger partial charge in [0.2, 0.25) is 5.91 Å². The maximum absolute atomic E-state index is 10.5. The zero-order valence-electron chi connectivity index (χ0n) is 7.50. The summed E-state index contributed by atoms with van der Waals surface area (Å²) >= 11 is 4.86. The first-order valence-electron chi connectivity index (χ1n) is 4.05. The SMILES string of the molecule is NC(=O)CCSc1ccc(Br)cc1N. The standard InChI is InChI=1S/C9H11BrN2OS/c10-6-1-2-8(7(11)5-6)14-4-3-9(12)13/h1-2,5H,3-4,11H2,(H2,12,13). The van der Waals surface area contributed by atoms with Crippen LogP contribution in [0, 0.1) is 0 Å². The van der Waals surface area contributed by atoms with Crippen LogP contribution in [-0.2, 0) is 4.79 Å². The molecule has 0 radical (unpaired) electrons. The number of benzene rings is 1. The number of thioether (sulfide) groups is 1. The van der Waals surface area contributed by atoms with Crippen molar-refractivity contribution in [2.75, 3.05) is 11.5 Å². The second-order valence-electron chi connectivity index (χ2n) is 2.75. The minimum absolute atomic E-state index is 0.284. The van der Waals surface area contributed by atoms with E-state index in [1.54, 1.807) is 0 Å². The lowest BCUT2D eigenvalue weighted by atomic mass is 10.3. The van der Waals surface area contributed by atoms with E-state index in [-0.39, 0.29) is 5.91 Å². The highest BCUT2D eigenvalue weighted by molar-refractivity contribution is 9.10. The number of primary amides is 1. The van der Waals surface area contributed by atoms with Gasteiger partial charge in [-0.2, -0.15) is 0 Å². The zero-order chi connectivity index (χ0) is 10.6. The Morgan fingerprint density at radius 1 is 1.50 bits per heavy atom. The number of hydrogen-bond donors (Lipinski definition) is 2. The molecule has 0 aliphatic carbocycles. The Balaban J connectivity index is 2.55. The first-order chi connectivity index (χ1) is 6.59. The van der Waals surface area contributed by atoms with Gasteiger partial charge in [-0.3, -0.25) is 4.79 Å². The second-order valence-corrected chi connectivity index (χ2v) is 4.80. The van der Waals surface area contributed by atoms with Crippen LogP contribution >= 0.6 is 27.7 Å². The van der Waals surface area contributed by atoms with Gasteiger partial charge in [0.25, 0.3) is 0 Å². The van der Waals surface area contributed by atoms with Crippen molar-refractivity contribution in [2.45, 2.75) is 11.3 Å². The molecule has 0 saturated carbocycles. The van der Waals surface area contributed by atoms with Crippen molar-refractivity contribution in [3.05, 3.63) is 22.7 Å². The summed E-state index contributed by atoms with van der Waals surface area (Å²) in [6.07, 6.45) is 0.375. The number of amides is 1. The van der Waals surface area contributed by atoms with Gasteiger partial charge >= 0.3 is 0 Å². The Bertz CT molecular complexity index is 344. The fourth-order valence-electron chi connectivity index (χ4n) is 0.912. The first kappa shape index (κ1) is 11.4. The molecule has 1 rings (SSSR count). The average Bonchev–Trinajstić information content (AvgIpc) is 2.08. The summed E-state index contributed by atoms with van der Waals surface area (Å²) in [5.74, 6) is 0.384. The highest BCUT2D eigenvalue weighted by Gasteiger charge is 2.01. The van der Waals surface area contributed by atoms with Crippen molar-refractivity contribution in [2.24, 2.45) is 5.73 Å². The molecule has 1 amide bonds. The van der Waals surface area contributed by atoms with Gasteiger partial charge in [0, 0.05) is 27.2 Å². The number of halogens is 1.